The van der Waals surface area contributed by atoms with Gasteiger partial charge in [-0.3, -0.25) is 4.90 Å². The van der Waals surface area contributed by atoms with E-state index in [1.807, 2.05) is 0 Å². The van der Waals surface area contributed by atoms with Gasteiger partial charge in [0, 0.05) is 26.2 Å². The van der Waals surface area contributed by atoms with Crippen LogP contribution in [0.25, 0.3) is 0 Å². The first-order valence-electron chi connectivity index (χ1n) is 6.34. The van der Waals surface area contributed by atoms with E-state index >= 15 is 0 Å². The van der Waals surface area contributed by atoms with E-state index in [9.17, 15) is 8.42 Å². The molecular formula is C11H25N3O2S. The Morgan fingerprint density at radius 3 is 2.76 bits per heavy atom. The molecule has 0 amide bonds. The number of sulfonamides is 1. The van der Waals surface area contributed by atoms with Crippen LogP contribution in [0.15, 0.2) is 0 Å². The number of rotatable bonds is 7. The average molecular weight is 263 g/mol. The van der Waals surface area contributed by atoms with Crippen molar-refractivity contribution >= 4 is 10.0 Å². The van der Waals surface area contributed by atoms with Crippen molar-refractivity contribution in [1.82, 2.24) is 14.5 Å². The Morgan fingerprint density at radius 2 is 2.18 bits per heavy atom. The van der Waals surface area contributed by atoms with Gasteiger partial charge < -0.3 is 5.32 Å². The molecule has 0 spiro atoms. The molecule has 6 heteroatoms. The molecule has 1 unspecified atom stereocenters. The molecule has 5 nitrogen and oxygen atoms in total. The van der Waals surface area contributed by atoms with Gasteiger partial charge in [0.25, 0.3) is 0 Å². The van der Waals surface area contributed by atoms with Crippen molar-refractivity contribution in [1.29, 1.82) is 0 Å². The van der Waals surface area contributed by atoms with Crippen LogP contribution in [-0.2, 0) is 10.0 Å². The number of likely N-dealkylation sites (N-methyl/N-ethyl adjacent to an activating group) is 2. The first-order chi connectivity index (χ1) is 8.01. The smallest absolute Gasteiger partial charge is 0.215 e. The maximum absolute atomic E-state index is 11.9. The molecule has 102 valence electrons. The van der Waals surface area contributed by atoms with E-state index < -0.39 is 10.0 Å². The summed E-state index contributed by atoms with van der Waals surface area (Å²) < 4.78 is 25.4. The molecule has 1 aliphatic rings. The van der Waals surface area contributed by atoms with Crippen LogP contribution in [0.2, 0.25) is 0 Å². The normalized spacial score (nSPS) is 22.5. The number of hydrogen-bond acceptors (Lipinski definition) is 4. The van der Waals surface area contributed by atoms with Crippen molar-refractivity contribution < 1.29 is 8.42 Å². The fourth-order valence-electron chi connectivity index (χ4n) is 2.32. The molecule has 1 aliphatic heterocycles. The van der Waals surface area contributed by atoms with E-state index in [-0.39, 0.29) is 5.75 Å². The second kappa shape index (κ2) is 6.68. The molecule has 0 saturated carbocycles. The lowest BCUT2D eigenvalue weighted by atomic mass is 10.2. The zero-order valence-corrected chi connectivity index (χ0v) is 12.0. The van der Waals surface area contributed by atoms with Gasteiger partial charge in [-0.2, -0.15) is 0 Å². The number of nitrogens with zero attached hydrogens (tertiary/aromatic N) is 2. The van der Waals surface area contributed by atoms with Crippen molar-refractivity contribution in [2.24, 2.45) is 0 Å². The SMILES string of the molecule is CCN1CCCC1CN(C)S(=O)(=O)CCNC. The molecule has 17 heavy (non-hydrogen) atoms. The maximum atomic E-state index is 11.9. The standard InChI is InChI=1S/C11H25N3O2S/c1-4-14-8-5-6-11(14)10-13(3)17(15,16)9-7-12-2/h11-12H,4-10H2,1-3H3. The predicted molar refractivity (Wildman–Crippen MR) is 70.6 cm³/mol. The van der Waals surface area contributed by atoms with Crippen LogP contribution in [0.4, 0.5) is 0 Å². The summed E-state index contributed by atoms with van der Waals surface area (Å²) in [6, 6.07) is 0.398. The molecule has 1 rings (SSSR count). The summed E-state index contributed by atoms with van der Waals surface area (Å²) >= 11 is 0. The highest BCUT2D eigenvalue weighted by atomic mass is 32.2. The fourth-order valence-corrected chi connectivity index (χ4v) is 3.49. The second-order valence-corrected chi connectivity index (χ2v) is 6.82. The van der Waals surface area contributed by atoms with Crippen molar-refractivity contribution in [3.63, 3.8) is 0 Å². The molecule has 1 heterocycles. The Hall–Kier alpha value is -0.170. The van der Waals surface area contributed by atoms with Crippen LogP contribution in [-0.4, -0.2) is 69.7 Å². The summed E-state index contributed by atoms with van der Waals surface area (Å²) in [4.78, 5) is 2.37. The lowest BCUT2D eigenvalue weighted by molar-refractivity contribution is 0.237. The molecule has 0 aliphatic carbocycles. The van der Waals surface area contributed by atoms with E-state index in [0.717, 1.165) is 19.5 Å². The van der Waals surface area contributed by atoms with Crippen LogP contribution in [0, 0.1) is 0 Å². The second-order valence-electron chi connectivity index (χ2n) is 4.62. The van der Waals surface area contributed by atoms with Crippen molar-refractivity contribution in [2.45, 2.75) is 25.8 Å². The van der Waals surface area contributed by atoms with Crippen molar-refractivity contribution in [3.05, 3.63) is 0 Å². The minimum absolute atomic E-state index is 0.179. The monoisotopic (exact) mass is 263 g/mol. The van der Waals surface area contributed by atoms with Gasteiger partial charge in [-0.25, -0.2) is 12.7 Å². The predicted octanol–water partition coefficient (Wildman–Crippen LogP) is -0.0483. The van der Waals surface area contributed by atoms with Gasteiger partial charge >= 0.3 is 0 Å². The Bertz CT molecular complexity index is 319. The quantitative estimate of drug-likeness (QED) is 0.700. The number of likely N-dealkylation sites (tertiary alicyclic amines) is 1. The Morgan fingerprint density at radius 1 is 1.47 bits per heavy atom. The molecular weight excluding hydrogens is 238 g/mol. The third-order valence-corrected chi connectivity index (χ3v) is 5.28. The van der Waals surface area contributed by atoms with Gasteiger partial charge in [0.15, 0.2) is 0 Å². The highest BCUT2D eigenvalue weighted by Gasteiger charge is 2.27. The largest absolute Gasteiger partial charge is 0.319 e. The summed E-state index contributed by atoms with van der Waals surface area (Å²) in [5, 5.41) is 2.88. The highest BCUT2D eigenvalue weighted by molar-refractivity contribution is 7.89. The van der Waals surface area contributed by atoms with E-state index in [1.54, 1.807) is 14.1 Å². The third-order valence-electron chi connectivity index (χ3n) is 3.46. The van der Waals surface area contributed by atoms with E-state index in [0.29, 0.717) is 19.1 Å². The van der Waals surface area contributed by atoms with Gasteiger partial charge in [-0.15, -0.1) is 0 Å². The van der Waals surface area contributed by atoms with Crippen LogP contribution in [0.3, 0.4) is 0 Å². The van der Waals surface area contributed by atoms with Crippen LogP contribution < -0.4 is 5.32 Å². The van der Waals surface area contributed by atoms with Crippen LogP contribution in [0.5, 0.6) is 0 Å². The first kappa shape index (κ1) is 14.9. The maximum Gasteiger partial charge on any atom is 0.215 e. The lowest BCUT2D eigenvalue weighted by Gasteiger charge is -2.27. The van der Waals surface area contributed by atoms with E-state index in [2.05, 4.69) is 17.1 Å². The van der Waals surface area contributed by atoms with Gasteiger partial charge in [0.1, 0.15) is 0 Å². The molecule has 0 radical (unpaired) electrons. The summed E-state index contributed by atoms with van der Waals surface area (Å²) in [6.07, 6.45) is 2.29. The summed E-state index contributed by atoms with van der Waals surface area (Å²) in [7, 11) is 0.363. The summed E-state index contributed by atoms with van der Waals surface area (Å²) in [6.45, 7) is 5.38. The topological polar surface area (TPSA) is 52.7 Å². The van der Waals surface area contributed by atoms with Crippen molar-refractivity contribution in [3.8, 4) is 0 Å². The van der Waals surface area contributed by atoms with Gasteiger partial charge in [-0.1, -0.05) is 6.92 Å². The molecule has 0 aromatic heterocycles. The van der Waals surface area contributed by atoms with Gasteiger partial charge in [0.05, 0.1) is 5.75 Å². The zero-order valence-electron chi connectivity index (χ0n) is 11.1. The third kappa shape index (κ3) is 4.21. The molecule has 1 atom stereocenters. The Kier molecular flexibility index (Phi) is 5.85. The Balaban J connectivity index is 2.50. The first-order valence-corrected chi connectivity index (χ1v) is 7.95. The molecule has 0 aromatic carbocycles. The van der Waals surface area contributed by atoms with E-state index in [1.165, 1.54) is 10.7 Å². The number of hydrogen-bond donors (Lipinski definition) is 1. The molecule has 1 fully saturated rings. The fraction of sp³-hybridized carbons (Fsp3) is 1.00. The minimum atomic E-state index is -3.10. The highest BCUT2D eigenvalue weighted by Crippen LogP contribution is 2.18. The van der Waals surface area contributed by atoms with Crippen LogP contribution in [0.1, 0.15) is 19.8 Å². The lowest BCUT2D eigenvalue weighted by Crippen LogP contribution is -2.42. The molecule has 0 bridgehead atoms. The van der Waals surface area contributed by atoms with Gasteiger partial charge in [-0.05, 0) is 33.0 Å². The summed E-state index contributed by atoms with van der Waals surface area (Å²) in [5.74, 6) is 0.179. The molecule has 0 aromatic rings. The molecule has 1 N–H and O–H groups in total. The Labute approximate surface area is 105 Å². The van der Waals surface area contributed by atoms with Crippen molar-refractivity contribution in [2.75, 3.05) is 46.0 Å². The minimum Gasteiger partial charge on any atom is -0.319 e. The zero-order chi connectivity index (χ0) is 12.9. The summed E-state index contributed by atoms with van der Waals surface area (Å²) in [5.41, 5.74) is 0. The van der Waals surface area contributed by atoms with Gasteiger partial charge in [0.2, 0.25) is 10.0 Å². The number of nitrogens with one attached hydrogen (secondary N) is 1. The van der Waals surface area contributed by atoms with E-state index in [4.69, 9.17) is 0 Å². The molecule has 1 saturated heterocycles. The van der Waals surface area contributed by atoms with Crippen LogP contribution >= 0.6 is 0 Å². The average Bonchev–Trinajstić information content (AvgIpc) is 2.73.